The molecule has 0 saturated carbocycles. The minimum atomic E-state index is -0.500. The fourth-order valence-electron chi connectivity index (χ4n) is 0.188. The molecule has 0 aliphatic heterocycles. The average Bonchev–Trinajstić information content (AvgIpc) is 1.61. The highest BCUT2D eigenvalue weighted by molar-refractivity contribution is 4.67. The van der Waals surface area contributed by atoms with Crippen LogP contribution < -0.4 is 0 Å². The third-order valence-electron chi connectivity index (χ3n) is 0.487. The van der Waals surface area contributed by atoms with Crippen LogP contribution in [-0.2, 0) is 0 Å². The molecule has 0 heterocycles. The van der Waals surface area contributed by atoms with E-state index in [1.54, 1.807) is 19.0 Å². The molecule has 46 valence electrons. The Balaban J connectivity index is 3.50. The molecule has 0 radical (unpaired) electrons. The lowest BCUT2D eigenvalue weighted by molar-refractivity contribution is -0.403. The van der Waals surface area contributed by atoms with Gasteiger partial charge in [-0.05, 0) is 0 Å². The molecular weight excluding hydrogens is 108 g/mol. The third-order valence-corrected chi connectivity index (χ3v) is 0.487. The summed E-state index contributed by atoms with van der Waals surface area (Å²) in [5, 5.41) is 9.60. The van der Waals surface area contributed by atoms with E-state index in [-0.39, 0.29) is 0 Å². The van der Waals surface area contributed by atoms with E-state index in [0.29, 0.717) is 0 Å². The van der Waals surface area contributed by atoms with E-state index in [2.05, 4.69) is 0 Å². The van der Waals surface area contributed by atoms with Gasteiger partial charge in [0, 0.05) is 14.1 Å². The van der Waals surface area contributed by atoms with Crippen molar-refractivity contribution < 1.29 is 4.92 Å². The second-order valence-electron chi connectivity index (χ2n) is 1.55. The highest BCUT2D eigenvalue weighted by Gasteiger charge is 1.82. The van der Waals surface area contributed by atoms with Crippen LogP contribution in [0, 0.1) is 10.1 Å². The van der Waals surface area contributed by atoms with Crippen LogP contribution in [0.2, 0.25) is 0 Å². The van der Waals surface area contributed by atoms with E-state index < -0.39 is 4.92 Å². The Kier molecular flexibility index (Phi) is 2.61. The first-order chi connectivity index (χ1) is 3.63. The maximum atomic E-state index is 9.60. The van der Waals surface area contributed by atoms with Crippen LogP contribution in [0.15, 0.2) is 12.4 Å². The van der Waals surface area contributed by atoms with Gasteiger partial charge in [-0.2, -0.15) is 0 Å². The van der Waals surface area contributed by atoms with E-state index >= 15 is 0 Å². The molecule has 0 fully saturated rings. The zero-order valence-electron chi connectivity index (χ0n) is 4.87. The van der Waals surface area contributed by atoms with E-state index in [0.717, 1.165) is 6.20 Å². The molecule has 0 rings (SSSR count). The zero-order chi connectivity index (χ0) is 6.57. The van der Waals surface area contributed by atoms with Crippen LogP contribution in [0.3, 0.4) is 0 Å². The Morgan fingerprint density at radius 2 is 2.12 bits per heavy atom. The summed E-state index contributed by atoms with van der Waals surface area (Å²) in [5.74, 6) is 0. The van der Waals surface area contributed by atoms with Crippen LogP contribution in [-0.4, -0.2) is 23.9 Å². The summed E-state index contributed by atoms with van der Waals surface area (Å²) in [6.07, 6.45) is 2.26. The molecule has 0 aromatic carbocycles. The van der Waals surface area contributed by atoms with Gasteiger partial charge in [0.25, 0.3) is 0 Å². The van der Waals surface area contributed by atoms with Gasteiger partial charge in [0.2, 0.25) is 6.20 Å². The smallest absolute Gasteiger partial charge is 0.250 e. The first-order valence-corrected chi connectivity index (χ1v) is 2.11. The van der Waals surface area contributed by atoms with Gasteiger partial charge < -0.3 is 4.90 Å². The molecule has 0 unspecified atom stereocenters. The zero-order valence-corrected chi connectivity index (χ0v) is 4.87. The molecule has 0 N–H and O–H groups in total. The summed E-state index contributed by atoms with van der Waals surface area (Å²) in [5.41, 5.74) is 0. The van der Waals surface area contributed by atoms with Crippen LogP contribution in [0.5, 0.6) is 0 Å². The first kappa shape index (κ1) is 6.94. The van der Waals surface area contributed by atoms with Gasteiger partial charge >= 0.3 is 0 Å². The molecule has 8 heavy (non-hydrogen) atoms. The summed E-state index contributed by atoms with van der Waals surface area (Å²) < 4.78 is 0. The summed E-state index contributed by atoms with van der Waals surface area (Å²) in [6.45, 7) is 0. The van der Waals surface area contributed by atoms with Crippen LogP contribution >= 0.6 is 0 Å². The lowest BCUT2D eigenvalue weighted by atomic mass is 10.8. The molecule has 0 saturated heterocycles. The SMILES string of the molecule is CN(C)/C=C\[N+](=O)[O-]. The van der Waals surface area contributed by atoms with Crippen molar-refractivity contribution in [1.29, 1.82) is 0 Å². The van der Waals surface area contributed by atoms with Gasteiger partial charge in [0.1, 0.15) is 0 Å². The van der Waals surface area contributed by atoms with Crippen LogP contribution in [0.4, 0.5) is 0 Å². The number of hydrogen-bond acceptors (Lipinski definition) is 3. The normalized spacial score (nSPS) is 9.75. The number of nitrogens with zero attached hydrogens (tertiary/aromatic N) is 2. The molecule has 0 spiro atoms. The fraction of sp³-hybridized carbons (Fsp3) is 0.500. The summed E-state index contributed by atoms with van der Waals surface area (Å²) in [6, 6.07) is 0. The van der Waals surface area contributed by atoms with Gasteiger partial charge in [0.15, 0.2) is 0 Å². The minimum absolute atomic E-state index is 0.500. The highest BCUT2D eigenvalue weighted by Crippen LogP contribution is 1.76. The number of rotatable bonds is 2. The van der Waals surface area contributed by atoms with E-state index in [9.17, 15) is 10.1 Å². The highest BCUT2D eigenvalue weighted by atomic mass is 16.6. The van der Waals surface area contributed by atoms with Crippen molar-refractivity contribution in [2.75, 3.05) is 14.1 Å². The van der Waals surface area contributed by atoms with Crippen molar-refractivity contribution in [1.82, 2.24) is 4.90 Å². The van der Waals surface area contributed by atoms with Crippen molar-refractivity contribution in [3.63, 3.8) is 0 Å². The standard InChI is InChI=1S/C4H8N2O2/c1-5(2)3-4-6(7)8/h3-4H,1-2H3/b4-3-. The Morgan fingerprint density at radius 1 is 1.62 bits per heavy atom. The molecule has 0 bridgehead atoms. The van der Waals surface area contributed by atoms with E-state index in [1.807, 2.05) is 0 Å². The third kappa shape index (κ3) is 4.94. The number of hydrogen-bond donors (Lipinski definition) is 0. The lowest BCUT2D eigenvalue weighted by Crippen LogP contribution is -2.01. The van der Waals surface area contributed by atoms with Crippen molar-refractivity contribution in [2.24, 2.45) is 0 Å². The van der Waals surface area contributed by atoms with Crippen molar-refractivity contribution in [3.8, 4) is 0 Å². The van der Waals surface area contributed by atoms with Gasteiger partial charge in [0.05, 0.1) is 11.1 Å². The predicted molar refractivity (Wildman–Crippen MR) is 29.8 cm³/mol. The minimum Gasteiger partial charge on any atom is -0.379 e. The Bertz CT molecular complexity index is 109. The van der Waals surface area contributed by atoms with Crippen LogP contribution in [0.25, 0.3) is 0 Å². The summed E-state index contributed by atoms with van der Waals surface area (Å²) >= 11 is 0. The van der Waals surface area contributed by atoms with Crippen molar-refractivity contribution in [2.45, 2.75) is 0 Å². The molecule has 4 nitrogen and oxygen atoms in total. The molecule has 0 aromatic rings. The first-order valence-electron chi connectivity index (χ1n) is 2.11. The molecule has 0 amide bonds. The second-order valence-corrected chi connectivity index (χ2v) is 1.55. The maximum absolute atomic E-state index is 9.60. The van der Waals surface area contributed by atoms with E-state index in [1.165, 1.54) is 6.20 Å². The average molecular weight is 116 g/mol. The van der Waals surface area contributed by atoms with Gasteiger partial charge in [-0.15, -0.1) is 0 Å². The molecular formula is C4H8N2O2. The van der Waals surface area contributed by atoms with Crippen LogP contribution in [0.1, 0.15) is 0 Å². The van der Waals surface area contributed by atoms with E-state index in [4.69, 9.17) is 0 Å². The predicted octanol–water partition coefficient (Wildman–Crippen LogP) is 0.296. The molecule has 4 heteroatoms. The Hall–Kier alpha value is -1.06. The Morgan fingerprint density at radius 3 is 2.25 bits per heavy atom. The molecule has 0 aliphatic carbocycles. The van der Waals surface area contributed by atoms with Gasteiger partial charge in [-0.25, -0.2) is 0 Å². The molecule has 0 aromatic heterocycles. The quantitative estimate of drug-likeness (QED) is 0.385. The monoisotopic (exact) mass is 116 g/mol. The topological polar surface area (TPSA) is 46.4 Å². The molecule has 0 aliphatic rings. The number of nitro groups is 1. The van der Waals surface area contributed by atoms with Gasteiger partial charge in [-0.1, -0.05) is 0 Å². The summed E-state index contributed by atoms with van der Waals surface area (Å²) in [7, 11) is 3.44. The lowest BCUT2D eigenvalue weighted by Gasteiger charge is -1.98. The maximum Gasteiger partial charge on any atom is 0.250 e. The van der Waals surface area contributed by atoms with Gasteiger partial charge in [-0.3, -0.25) is 10.1 Å². The summed E-state index contributed by atoms with van der Waals surface area (Å²) in [4.78, 5) is 10.7. The Labute approximate surface area is 47.6 Å². The van der Waals surface area contributed by atoms with Crippen molar-refractivity contribution in [3.05, 3.63) is 22.5 Å². The fourth-order valence-corrected chi connectivity index (χ4v) is 0.188. The largest absolute Gasteiger partial charge is 0.379 e. The van der Waals surface area contributed by atoms with Crippen molar-refractivity contribution >= 4 is 0 Å². The molecule has 0 atom stereocenters. The second kappa shape index (κ2) is 3.01.